The maximum atomic E-state index is 9.93. The Bertz CT molecular complexity index is 144. The van der Waals surface area contributed by atoms with Crippen molar-refractivity contribution in [3.8, 4) is 0 Å². The molecule has 0 saturated heterocycles. The second-order valence-corrected chi connectivity index (χ2v) is 4.85. The molecule has 1 atom stereocenters. The zero-order valence-electron chi connectivity index (χ0n) is 10.3. The lowest BCUT2D eigenvalue weighted by Crippen LogP contribution is -2.42. The van der Waals surface area contributed by atoms with E-state index < -0.39 is 5.60 Å². The minimum atomic E-state index is -0.585. The lowest BCUT2D eigenvalue weighted by molar-refractivity contribution is 0.0143. The Balaban J connectivity index is 3.45. The molecule has 0 heterocycles. The minimum Gasteiger partial charge on any atom is -0.389 e. The second kappa shape index (κ2) is 6.38. The molecule has 0 fully saturated rings. The van der Waals surface area contributed by atoms with Gasteiger partial charge in [-0.15, -0.1) is 0 Å². The van der Waals surface area contributed by atoms with Gasteiger partial charge < -0.3 is 15.3 Å². The van der Waals surface area contributed by atoms with Gasteiger partial charge in [-0.2, -0.15) is 0 Å². The summed E-state index contributed by atoms with van der Waals surface area (Å²) >= 11 is 0. The minimum absolute atomic E-state index is 0.295. The summed E-state index contributed by atoms with van der Waals surface area (Å²) in [6, 6.07) is 0. The molecule has 2 N–H and O–H groups in total. The highest BCUT2D eigenvalue weighted by Gasteiger charge is 2.23. The lowest BCUT2D eigenvalue weighted by atomic mass is 9.92. The van der Waals surface area contributed by atoms with Gasteiger partial charge in [0, 0.05) is 6.54 Å². The van der Waals surface area contributed by atoms with Crippen molar-refractivity contribution in [1.29, 1.82) is 0 Å². The molecule has 14 heavy (non-hydrogen) atoms. The van der Waals surface area contributed by atoms with Gasteiger partial charge in [0.25, 0.3) is 0 Å². The number of aliphatic hydroxyl groups is 1. The Hall–Kier alpha value is -0.120. The molecule has 86 valence electrons. The third kappa shape index (κ3) is 6.35. The van der Waals surface area contributed by atoms with Gasteiger partial charge in [0.2, 0.25) is 0 Å². The van der Waals surface area contributed by atoms with Gasteiger partial charge in [-0.25, -0.2) is 0 Å². The van der Waals surface area contributed by atoms with Crippen molar-refractivity contribution < 1.29 is 5.11 Å². The molecule has 3 nitrogen and oxygen atoms in total. The third-order valence-corrected chi connectivity index (χ3v) is 2.69. The smallest absolute Gasteiger partial charge is 0.0766 e. The molecule has 0 aromatic carbocycles. The Morgan fingerprint density at radius 3 is 2.36 bits per heavy atom. The SMILES string of the molecule is CC(C)C(C)(O)CNCCCN(C)C. The molecule has 0 rings (SSSR count). The van der Waals surface area contributed by atoms with Gasteiger partial charge in [0.1, 0.15) is 0 Å². The van der Waals surface area contributed by atoms with Crippen molar-refractivity contribution in [3.63, 3.8) is 0 Å². The Labute approximate surface area is 88.5 Å². The van der Waals surface area contributed by atoms with Gasteiger partial charge in [-0.3, -0.25) is 0 Å². The van der Waals surface area contributed by atoms with Crippen LogP contribution in [0.25, 0.3) is 0 Å². The van der Waals surface area contributed by atoms with Crippen molar-refractivity contribution >= 4 is 0 Å². The highest BCUT2D eigenvalue weighted by Crippen LogP contribution is 2.14. The van der Waals surface area contributed by atoms with Crippen molar-refractivity contribution in [3.05, 3.63) is 0 Å². The summed E-state index contributed by atoms with van der Waals surface area (Å²) in [5.41, 5.74) is -0.585. The molecule has 0 amide bonds. The first-order chi connectivity index (χ1) is 6.36. The van der Waals surface area contributed by atoms with E-state index in [0.29, 0.717) is 12.5 Å². The van der Waals surface area contributed by atoms with Crippen LogP contribution in [0.15, 0.2) is 0 Å². The van der Waals surface area contributed by atoms with Crippen LogP contribution in [0.2, 0.25) is 0 Å². The molecule has 0 spiro atoms. The number of nitrogens with zero attached hydrogens (tertiary/aromatic N) is 1. The summed E-state index contributed by atoms with van der Waals surface area (Å²) in [6.07, 6.45) is 1.13. The van der Waals surface area contributed by atoms with Crippen molar-refractivity contribution in [2.45, 2.75) is 32.8 Å². The highest BCUT2D eigenvalue weighted by atomic mass is 16.3. The monoisotopic (exact) mass is 202 g/mol. The van der Waals surface area contributed by atoms with Gasteiger partial charge in [0.05, 0.1) is 5.60 Å². The van der Waals surface area contributed by atoms with Crippen molar-refractivity contribution in [2.75, 3.05) is 33.7 Å². The van der Waals surface area contributed by atoms with Gasteiger partial charge >= 0.3 is 0 Å². The van der Waals surface area contributed by atoms with Crippen LogP contribution in [0.3, 0.4) is 0 Å². The molecular formula is C11H26N2O. The number of rotatable bonds is 7. The Morgan fingerprint density at radius 1 is 1.36 bits per heavy atom. The van der Waals surface area contributed by atoms with E-state index in [2.05, 4.69) is 24.3 Å². The molecule has 0 aliphatic heterocycles. The largest absolute Gasteiger partial charge is 0.389 e. The fourth-order valence-corrected chi connectivity index (χ4v) is 1.07. The average Bonchev–Trinajstić information content (AvgIpc) is 2.02. The highest BCUT2D eigenvalue weighted by molar-refractivity contribution is 4.78. The number of hydrogen-bond donors (Lipinski definition) is 2. The van der Waals surface area contributed by atoms with Gasteiger partial charge in [-0.05, 0) is 46.4 Å². The zero-order chi connectivity index (χ0) is 11.2. The number of nitrogens with one attached hydrogen (secondary N) is 1. The van der Waals surface area contributed by atoms with E-state index in [-0.39, 0.29) is 0 Å². The maximum absolute atomic E-state index is 9.93. The van der Waals surface area contributed by atoms with E-state index in [1.807, 2.05) is 20.8 Å². The molecule has 0 aliphatic carbocycles. The van der Waals surface area contributed by atoms with E-state index in [1.165, 1.54) is 0 Å². The average molecular weight is 202 g/mol. The Kier molecular flexibility index (Phi) is 6.33. The van der Waals surface area contributed by atoms with Crippen molar-refractivity contribution in [1.82, 2.24) is 10.2 Å². The predicted octanol–water partition coefficient (Wildman–Crippen LogP) is 0.935. The standard InChI is InChI=1S/C11H26N2O/c1-10(2)11(3,14)9-12-7-6-8-13(4)5/h10,12,14H,6-9H2,1-5H3. The normalized spacial score (nSPS) is 16.3. The molecule has 0 aromatic rings. The quantitative estimate of drug-likeness (QED) is 0.603. The van der Waals surface area contributed by atoms with Gasteiger partial charge in [-0.1, -0.05) is 13.8 Å². The first-order valence-electron chi connectivity index (χ1n) is 5.44. The molecule has 1 unspecified atom stereocenters. The number of hydrogen-bond acceptors (Lipinski definition) is 3. The zero-order valence-corrected chi connectivity index (χ0v) is 10.3. The fourth-order valence-electron chi connectivity index (χ4n) is 1.07. The maximum Gasteiger partial charge on any atom is 0.0766 e. The van der Waals surface area contributed by atoms with Crippen LogP contribution in [0.4, 0.5) is 0 Å². The molecule has 0 radical (unpaired) electrons. The summed E-state index contributed by atoms with van der Waals surface area (Å²) in [6.45, 7) is 8.72. The molecule has 0 aromatic heterocycles. The van der Waals surface area contributed by atoms with E-state index in [1.54, 1.807) is 0 Å². The molecule has 0 saturated carbocycles. The van der Waals surface area contributed by atoms with Crippen LogP contribution in [-0.2, 0) is 0 Å². The van der Waals surface area contributed by atoms with E-state index in [9.17, 15) is 5.11 Å². The molecule has 0 bridgehead atoms. The fraction of sp³-hybridized carbons (Fsp3) is 1.00. The van der Waals surface area contributed by atoms with Crippen LogP contribution in [0.1, 0.15) is 27.2 Å². The predicted molar refractivity (Wildman–Crippen MR) is 61.5 cm³/mol. The third-order valence-electron chi connectivity index (χ3n) is 2.69. The second-order valence-electron chi connectivity index (χ2n) is 4.85. The first kappa shape index (κ1) is 13.9. The first-order valence-corrected chi connectivity index (χ1v) is 5.44. The summed E-state index contributed by atoms with van der Waals surface area (Å²) < 4.78 is 0. The summed E-state index contributed by atoms with van der Waals surface area (Å²) in [5.74, 6) is 0.295. The van der Waals surface area contributed by atoms with Crippen LogP contribution < -0.4 is 5.32 Å². The topological polar surface area (TPSA) is 35.5 Å². The molecule has 3 heteroatoms. The van der Waals surface area contributed by atoms with Crippen LogP contribution >= 0.6 is 0 Å². The summed E-state index contributed by atoms with van der Waals surface area (Å²) in [4.78, 5) is 2.17. The van der Waals surface area contributed by atoms with E-state index >= 15 is 0 Å². The van der Waals surface area contributed by atoms with Crippen molar-refractivity contribution in [2.24, 2.45) is 5.92 Å². The van der Waals surface area contributed by atoms with Crippen LogP contribution in [0.5, 0.6) is 0 Å². The van der Waals surface area contributed by atoms with E-state index in [4.69, 9.17) is 0 Å². The Morgan fingerprint density at radius 2 is 1.93 bits per heavy atom. The summed E-state index contributed by atoms with van der Waals surface area (Å²) in [5, 5.41) is 13.2. The van der Waals surface area contributed by atoms with Crippen LogP contribution in [-0.4, -0.2) is 49.3 Å². The molecular weight excluding hydrogens is 176 g/mol. The van der Waals surface area contributed by atoms with Crippen LogP contribution in [0, 0.1) is 5.92 Å². The lowest BCUT2D eigenvalue weighted by Gasteiger charge is -2.28. The summed E-state index contributed by atoms with van der Waals surface area (Å²) in [7, 11) is 4.15. The molecule has 0 aliphatic rings. The van der Waals surface area contributed by atoms with Gasteiger partial charge in [0.15, 0.2) is 0 Å². The van der Waals surface area contributed by atoms with E-state index in [0.717, 1.165) is 19.5 Å².